The van der Waals surface area contributed by atoms with E-state index < -0.39 is 36.7 Å². The summed E-state index contributed by atoms with van der Waals surface area (Å²) in [4.78, 5) is 23.7. The lowest BCUT2D eigenvalue weighted by Crippen LogP contribution is -2.66. The Bertz CT molecular complexity index is 898. The minimum atomic E-state index is -4.70. The number of aliphatic carboxylic acids is 1. The Morgan fingerprint density at radius 3 is 2.07 bits per heavy atom. The van der Waals surface area contributed by atoms with Crippen LogP contribution in [0.25, 0.3) is 11.1 Å². The third-order valence-electron chi connectivity index (χ3n) is 5.33. The highest BCUT2D eigenvalue weighted by Gasteiger charge is 2.59. The van der Waals surface area contributed by atoms with Gasteiger partial charge < -0.3 is 9.84 Å². The molecule has 146 valence electrons. The quantitative estimate of drug-likeness (QED) is 0.858. The Morgan fingerprint density at radius 1 is 1.04 bits per heavy atom. The summed E-state index contributed by atoms with van der Waals surface area (Å²) in [5, 5.41) is 9.06. The molecule has 0 saturated carbocycles. The number of alkyl halides is 3. The summed E-state index contributed by atoms with van der Waals surface area (Å²) in [6.45, 7) is -0.166. The van der Waals surface area contributed by atoms with Gasteiger partial charge in [-0.25, -0.2) is 9.59 Å². The fourth-order valence-electron chi connectivity index (χ4n) is 3.95. The maximum atomic E-state index is 13.0. The Morgan fingerprint density at radius 2 is 1.57 bits per heavy atom. The van der Waals surface area contributed by atoms with E-state index in [-0.39, 0.29) is 17.4 Å². The van der Waals surface area contributed by atoms with Crippen molar-refractivity contribution in [3.8, 4) is 11.1 Å². The molecule has 0 spiro atoms. The number of fused-ring (bicyclic) bond motifs is 3. The molecule has 1 amide bonds. The predicted octanol–water partition coefficient (Wildman–Crippen LogP) is 4.03. The molecule has 0 aromatic heterocycles. The summed E-state index contributed by atoms with van der Waals surface area (Å²) in [7, 11) is 0. The maximum absolute atomic E-state index is 13.0. The first kappa shape index (κ1) is 18.3. The van der Waals surface area contributed by atoms with Crippen molar-refractivity contribution in [1.82, 2.24) is 4.90 Å². The van der Waals surface area contributed by atoms with Crippen LogP contribution in [0, 0.1) is 0 Å². The number of hydrogen-bond donors (Lipinski definition) is 1. The lowest BCUT2D eigenvalue weighted by molar-refractivity contribution is -0.219. The highest BCUT2D eigenvalue weighted by Crippen LogP contribution is 2.45. The summed E-state index contributed by atoms with van der Waals surface area (Å²) in [6.07, 6.45) is -6.62. The van der Waals surface area contributed by atoms with Crippen LogP contribution in [0.4, 0.5) is 18.0 Å². The van der Waals surface area contributed by atoms with E-state index in [1.807, 2.05) is 48.5 Å². The van der Waals surface area contributed by atoms with Gasteiger partial charge in [0.25, 0.3) is 0 Å². The third-order valence-corrected chi connectivity index (χ3v) is 5.33. The molecule has 28 heavy (non-hydrogen) atoms. The minimum absolute atomic E-state index is 0.166. The van der Waals surface area contributed by atoms with Gasteiger partial charge in [-0.05, 0) is 22.3 Å². The molecular weight excluding hydrogens is 375 g/mol. The van der Waals surface area contributed by atoms with Gasteiger partial charge in [0.05, 0.1) is 0 Å². The monoisotopic (exact) mass is 391 g/mol. The lowest BCUT2D eigenvalue weighted by Gasteiger charge is -2.45. The number of benzene rings is 2. The van der Waals surface area contributed by atoms with E-state index in [1.165, 1.54) is 0 Å². The number of nitrogens with zero attached hydrogens (tertiary/aromatic N) is 1. The third kappa shape index (κ3) is 2.89. The summed E-state index contributed by atoms with van der Waals surface area (Å²) in [5.41, 5.74) is 3.81. The fraction of sp³-hybridized carbons (Fsp3) is 0.300. The van der Waals surface area contributed by atoms with E-state index in [4.69, 9.17) is 9.84 Å². The Balaban J connectivity index is 1.54. The van der Waals surface area contributed by atoms with Gasteiger partial charge in [-0.1, -0.05) is 48.5 Å². The zero-order chi connectivity index (χ0) is 20.1. The van der Waals surface area contributed by atoms with Gasteiger partial charge in [-0.2, -0.15) is 13.2 Å². The number of carbonyl (C=O) groups excluding carboxylic acids is 1. The van der Waals surface area contributed by atoms with Crippen molar-refractivity contribution in [2.45, 2.75) is 30.6 Å². The highest BCUT2D eigenvalue weighted by molar-refractivity contribution is 5.83. The second kappa shape index (κ2) is 6.54. The van der Waals surface area contributed by atoms with Crippen molar-refractivity contribution < 1.29 is 32.6 Å². The molecule has 1 aliphatic heterocycles. The van der Waals surface area contributed by atoms with Gasteiger partial charge in [0, 0.05) is 12.3 Å². The minimum Gasteiger partial charge on any atom is -0.480 e. The molecule has 1 N–H and O–H groups in total. The predicted molar refractivity (Wildman–Crippen MR) is 92.8 cm³/mol. The van der Waals surface area contributed by atoms with Crippen LogP contribution in [0.5, 0.6) is 0 Å². The van der Waals surface area contributed by atoms with Gasteiger partial charge in [-0.3, -0.25) is 4.90 Å². The largest absolute Gasteiger partial charge is 0.480 e. The van der Waals surface area contributed by atoms with Gasteiger partial charge in [0.1, 0.15) is 18.7 Å². The molecule has 5 nitrogen and oxygen atoms in total. The van der Waals surface area contributed by atoms with Crippen molar-refractivity contribution in [2.75, 3.05) is 6.61 Å². The van der Waals surface area contributed by atoms with Gasteiger partial charge in [0.2, 0.25) is 0 Å². The van der Waals surface area contributed by atoms with E-state index >= 15 is 0 Å². The summed E-state index contributed by atoms with van der Waals surface area (Å²) in [6, 6.07) is 11.4. The molecule has 1 aliphatic carbocycles. The van der Waals surface area contributed by atoms with Gasteiger partial charge in [-0.15, -0.1) is 0 Å². The molecule has 1 heterocycles. The normalized spacial score (nSPS) is 20.9. The zero-order valence-electron chi connectivity index (χ0n) is 14.5. The smallest absolute Gasteiger partial charge is 0.411 e. The van der Waals surface area contributed by atoms with E-state index in [9.17, 15) is 22.8 Å². The molecule has 2 aromatic carbocycles. The molecule has 2 aromatic rings. The average Bonchev–Trinajstić information content (AvgIpc) is 2.91. The lowest BCUT2D eigenvalue weighted by atomic mass is 9.93. The van der Waals surface area contributed by atoms with Gasteiger partial charge in [0.15, 0.2) is 0 Å². The van der Waals surface area contributed by atoms with Crippen molar-refractivity contribution in [1.29, 1.82) is 0 Å². The molecule has 0 radical (unpaired) electrons. The molecular formula is C20H16F3NO4. The second-order valence-corrected chi connectivity index (χ2v) is 6.86. The van der Waals surface area contributed by atoms with E-state index in [0.717, 1.165) is 22.3 Å². The maximum Gasteiger partial charge on any atom is 0.411 e. The Kier molecular flexibility index (Phi) is 4.28. The summed E-state index contributed by atoms with van der Waals surface area (Å²) < 4.78 is 44.3. The molecule has 1 fully saturated rings. The zero-order valence-corrected chi connectivity index (χ0v) is 14.5. The number of halogens is 3. The molecule has 1 saturated heterocycles. The topological polar surface area (TPSA) is 66.8 Å². The number of rotatable bonds is 3. The van der Waals surface area contributed by atoms with Crippen LogP contribution < -0.4 is 0 Å². The summed E-state index contributed by atoms with van der Waals surface area (Å²) in [5.74, 6) is -1.79. The molecule has 0 bridgehead atoms. The van der Waals surface area contributed by atoms with Crippen LogP contribution in [0.2, 0.25) is 0 Å². The molecule has 2 unspecified atom stereocenters. The first-order valence-corrected chi connectivity index (χ1v) is 8.72. The number of carboxylic acids is 1. The molecule has 2 aliphatic rings. The second-order valence-electron chi connectivity index (χ2n) is 6.86. The van der Waals surface area contributed by atoms with Crippen molar-refractivity contribution in [3.05, 3.63) is 59.7 Å². The van der Waals surface area contributed by atoms with Crippen LogP contribution in [0.1, 0.15) is 23.5 Å². The van der Waals surface area contributed by atoms with Crippen molar-refractivity contribution >= 4 is 12.1 Å². The summed E-state index contributed by atoms with van der Waals surface area (Å²) >= 11 is 0. The number of carboxylic acid groups (broad SMARTS) is 1. The first-order valence-electron chi connectivity index (χ1n) is 8.72. The van der Waals surface area contributed by atoms with Crippen molar-refractivity contribution in [3.63, 3.8) is 0 Å². The highest BCUT2D eigenvalue weighted by atomic mass is 19.4. The first-order chi connectivity index (χ1) is 13.3. The molecule has 8 heteroatoms. The Hall–Kier alpha value is -3.03. The average molecular weight is 391 g/mol. The molecule has 2 atom stereocenters. The van der Waals surface area contributed by atoms with E-state index in [0.29, 0.717) is 0 Å². The fourth-order valence-corrected chi connectivity index (χ4v) is 3.95. The van der Waals surface area contributed by atoms with Crippen LogP contribution >= 0.6 is 0 Å². The van der Waals surface area contributed by atoms with Crippen LogP contribution in [-0.4, -0.2) is 46.9 Å². The van der Waals surface area contributed by atoms with Crippen LogP contribution in [0.15, 0.2) is 48.5 Å². The molecule has 4 rings (SSSR count). The number of hydrogen-bond acceptors (Lipinski definition) is 3. The number of carbonyl (C=O) groups is 2. The van der Waals surface area contributed by atoms with Crippen LogP contribution in [-0.2, 0) is 9.53 Å². The number of ether oxygens (including phenoxy) is 1. The van der Waals surface area contributed by atoms with Gasteiger partial charge >= 0.3 is 18.2 Å². The van der Waals surface area contributed by atoms with E-state index in [2.05, 4.69) is 0 Å². The SMILES string of the molecule is O=C(O)C1CC(C(F)(F)F)N1C(=O)OCC1c2ccccc2-c2ccccc21. The Labute approximate surface area is 158 Å². The van der Waals surface area contributed by atoms with Crippen molar-refractivity contribution in [2.24, 2.45) is 0 Å². The number of amides is 1. The van der Waals surface area contributed by atoms with Crippen LogP contribution in [0.3, 0.4) is 0 Å². The number of likely N-dealkylation sites (tertiary alicyclic amines) is 1. The standard InChI is InChI=1S/C20H16F3NO4/c21-20(22,23)17-9-16(18(25)26)24(17)19(27)28-10-15-13-7-3-1-5-11(13)12-6-2-4-8-14(12)15/h1-8,15-17H,9-10H2,(H,25,26). The van der Waals surface area contributed by atoms with E-state index in [1.54, 1.807) is 0 Å².